The van der Waals surface area contributed by atoms with Crippen LogP contribution in [0.3, 0.4) is 0 Å². The number of rotatable bonds is 6. The van der Waals surface area contributed by atoms with Crippen molar-refractivity contribution in [2.24, 2.45) is 5.92 Å². The first-order valence-electron chi connectivity index (χ1n) is 9.20. The summed E-state index contributed by atoms with van der Waals surface area (Å²) >= 11 is 0. The van der Waals surface area contributed by atoms with Crippen molar-refractivity contribution >= 4 is 23.8 Å². The average molecular weight is 395 g/mol. The number of amides is 2. The molecule has 0 unspecified atom stereocenters. The Morgan fingerprint density at radius 1 is 0.931 bits per heavy atom. The van der Waals surface area contributed by atoms with Crippen LogP contribution in [0.2, 0.25) is 0 Å². The van der Waals surface area contributed by atoms with Crippen molar-refractivity contribution in [3.05, 3.63) is 65.2 Å². The maximum absolute atomic E-state index is 12.9. The highest BCUT2D eigenvalue weighted by Gasteiger charge is 2.43. The molecule has 1 aliphatic heterocycles. The van der Waals surface area contributed by atoms with Crippen LogP contribution in [0.1, 0.15) is 51.3 Å². The Labute approximate surface area is 168 Å². The maximum Gasteiger partial charge on any atom is 0.337 e. The molecule has 29 heavy (non-hydrogen) atoms. The maximum atomic E-state index is 12.9. The number of methoxy groups -OCH3 is 1. The van der Waals surface area contributed by atoms with Gasteiger partial charge in [-0.2, -0.15) is 0 Å². The molecule has 2 aromatic carbocycles. The minimum Gasteiger partial charge on any atom is -0.465 e. The second kappa shape index (κ2) is 8.26. The number of hydrogen-bond acceptors (Lipinski definition) is 6. The van der Waals surface area contributed by atoms with Crippen molar-refractivity contribution in [2.75, 3.05) is 7.11 Å². The zero-order chi connectivity index (χ0) is 21.1. The van der Waals surface area contributed by atoms with Gasteiger partial charge in [-0.05, 0) is 48.7 Å². The summed E-state index contributed by atoms with van der Waals surface area (Å²) in [5, 5.41) is 0. The first kappa shape index (κ1) is 20.3. The van der Waals surface area contributed by atoms with Crippen molar-refractivity contribution in [3.63, 3.8) is 0 Å². The first-order valence-corrected chi connectivity index (χ1v) is 9.20. The number of hydrogen-bond donors (Lipinski definition) is 0. The molecule has 0 aromatic heterocycles. The van der Waals surface area contributed by atoms with Crippen LogP contribution in [-0.2, 0) is 9.53 Å². The molecule has 1 heterocycles. The van der Waals surface area contributed by atoms with Gasteiger partial charge in [-0.3, -0.25) is 14.5 Å². The molecule has 150 valence electrons. The summed E-state index contributed by atoms with van der Waals surface area (Å²) in [5.41, 5.74) is 0.870. The van der Waals surface area contributed by atoms with E-state index < -0.39 is 29.8 Å². The van der Waals surface area contributed by atoms with E-state index in [2.05, 4.69) is 4.74 Å². The van der Waals surface area contributed by atoms with Crippen LogP contribution >= 0.6 is 0 Å². The standard InChI is InChI=1S/C22H21NO6/c1-13(2)12-18(23-19(24)16-6-4-5-7-17(16)20(23)25)22(27)29-15-10-8-14(9-11-15)21(26)28-3/h4-11,13,18H,12H2,1-3H3/t18-/m0/s1. The second-order valence-corrected chi connectivity index (χ2v) is 7.11. The van der Waals surface area contributed by atoms with Crippen LogP contribution in [0.25, 0.3) is 0 Å². The van der Waals surface area contributed by atoms with Crippen molar-refractivity contribution in [1.82, 2.24) is 4.90 Å². The van der Waals surface area contributed by atoms with Gasteiger partial charge >= 0.3 is 11.9 Å². The number of benzene rings is 2. The fourth-order valence-corrected chi connectivity index (χ4v) is 3.21. The van der Waals surface area contributed by atoms with Gasteiger partial charge in [0, 0.05) is 0 Å². The lowest BCUT2D eigenvalue weighted by atomic mass is 10.0. The smallest absolute Gasteiger partial charge is 0.337 e. The van der Waals surface area contributed by atoms with E-state index in [4.69, 9.17) is 4.74 Å². The number of esters is 2. The third-order valence-corrected chi connectivity index (χ3v) is 4.60. The quantitative estimate of drug-likeness (QED) is 0.424. The molecule has 1 aliphatic rings. The SMILES string of the molecule is COC(=O)c1ccc(OC(=O)[C@H](CC(C)C)N2C(=O)c3ccccc3C2=O)cc1. The van der Waals surface area contributed by atoms with Gasteiger partial charge in [0.25, 0.3) is 11.8 Å². The van der Waals surface area contributed by atoms with E-state index in [1.807, 2.05) is 13.8 Å². The largest absolute Gasteiger partial charge is 0.465 e. The van der Waals surface area contributed by atoms with Crippen LogP contribution in [0, 0.1) is 5.92 Å². The van der Waals surface area contributed by atoms with E-state index >= 15 is 0 Å². The Balaban J connectivity index is 1.84. The van der Waals surface area contributed by atoms with Crippen molar-refractivity contribution < 1.29 is 28.7 Å². The van der Waals surface area contributed by atoms with Crippen LogP contribution in [0.15, 0.2) is 48.5 Å². The van der Waals surface area contributed by atoms with E-state index in [9.17, 15) is 19.2 Å². The summed E-state index contributed by atoms with van der Waals surface area (Å²) in [7, 11) is 1.27. The topological polar surface area (TPSA) is 90.0 Å². The van der Waals surface area contributed by atoms with Crippen molar-refractivity contribution in [2.45, 2.75) is 26.3 Å². The molecule has 0 radical (unpaired) electrons. The van der Waals surface area contributed by atoms with Gasteiger partial charge in [0.2, 0.25) is 0 Å². The fourth-order valence-electron chi connectivity index (χ4n) is 3.21. The van der Waals surface area contributed by atoms with E-state index in [1.165, 1.54) is 31.4 Å². The van der Waals surface area contributed by atoms with E-state index in [0.29, 0.717) is 5.56 Å². The molecule has 0 spiro atoms. The van der Waals surface area contributed by atoms with Gasteiger partial charge < -0.3 is 9.47 Å². The van der Waals surface area contributed by atoms with Crippen LogP contribution in [0.5, 0.6) is 5.75 Å². The summed E-state index contributed by atoms with van der Waals surface area (Å²) < 4.78 is 10.0. The number of imide groups is 1. The molecule has 2 amide bonds. The predicted molar refractivity (Wildman–Crippen MR) is 104 cm³/mol. The molecule has 7 nitrogen and oxygen atoms in total. The van der Waals surface area contributed by atoms with Gasteiger partial charge in [0.15, 0.2) is 0 Å². The molecular formula is C22H21NO6. The Morgan fingerprint density at radius 3 is 1.97 bits per heavy atom. The molecule has 0 fully saturated rings. The van der Waals surface area contributed by atoms with Crippen molar-refractivity contribution in [1.29, 1.82) is 0 Å². The van der Waals surface area contributed by atoms with Gasteiger partial charge in [-0.15, -0.1) is 0 Å². The monoisotopic (exact) mass is 395 g/mol. The molecule has 2 aromatic rings. The molecule has 7 heteroatoms. The van der Waals surface area contributed by atoms with E-state index in [1.54, 1.807) is 24.3 Å². The van der Waals surface area contributed by atoms with Crippen LogP contribution < -0.4 is 4.74 Å². The molecule has 0 saturated heterocycles. The average Bonchev–Trinajstić information content (AvgIpc) is 2.96. The normalized spacial score (nSPS) is 14.0. The Kier molecular flexibility index (Phi) is 5.77. The molecule has 1 atom stereocenters. The molecule has 0 bridgehead atoms. The number of ether oxygens (including phenoxy) is 2. The zero-order valence-corrected chi connectivity index (χ0v) is 16.4. The molecular weight excluding hydrogens is 374 g/mol. The minimum absolute atomic E-state index is 0.0403. The highest BCUT2D eigenvalue weighted by atomic mass is 16.5. The lowest BCUT2D eigenvalue weighted by Crippen LogP contribution is -2.47. The van der Waals surface area contributed by atoms with Crippen LogP contribution in [-0.4, -0.2) is 41.8 Å². The van der Waals surface area contributed by atoms with Gasteiger partial charge in [0.05, 0.1) is 23.8 Å². The molecule has 0 aliphatic carbocycles. The van der Waals surface area contributed by atoms with Gasteiger partial charge in [0.1, 0.15) is 11.8 Å². The Morgan fingerprint density at radius 2 is 1.48 bits per heavy atom. The molecule has 0 N–H and O–H groups in total. The van der Waals surface area contributed by atoms with E-state index in [0.717, 1.165) is 4.90 Å². The summed E-state index contributed by atoms with van der Waals surface area (Å²) in [6.45, 7) is 3.78. The van der Waals surface area contributed by atoms with Gasteiger partial charge in [-0.1, -0.05) is 26.0 Å². The number of nitrogens with zero attached hydrogens (tertiary/aromatic N) is 1. The number of carbonyl (C=O) groups excluding carboxylic acids is 4. The lowest BCUT2D eigenvalue weighted by Gasteiger charge is -2.25. The molecule has 0 saturated carbocycles. The van der Waals surface area contributed by atoms with Gasteiger partial charge in [-0.25, -0.2) is 9.59 Å². The summed E-state index contributed by atoms with van der Waals surface area (Å²) in [5.74, 6) is -1.99. The molecule has 3 rings (SSSR count). The highest BCUT2D eigenvalue weighted by Crippen LogP contribution is 2.28. The van der Waals surface area contributed by atoms with Crippen molar-refractivity contribution in [3.8, 4) is 5.75 Å². The Hall–Kier alpha value is -3.48. The Bertz CT molecular complexity index is 929. The third kappa shape index (κ3) is 4.03. The lowest BCUT2D eigenvalue weighted by molar-refractivity contribution is -0.139. The summed E-state index contributed by atoms with van der Waals surface area (Å²) in [6.07, 6.45) is 0.268. The predicted octanol–water partition coefficient (Wildman–Crippen LogP) is 3.09. The first-order chi connectivity index (χ1) is 13.8. The second-order valence-electron chi connectivity index (χ2n) is 7.11. The zero-order valence-electron chi connectivity index (χ0n) is 16.4. The minimum atomic E-state index is -1.05. The number of fused-ring (bicyclic) bond motifs is 1. The number of carbonyl (C=O) groups is 4. The van der Waals surface area contributed by atoms with E-state index in [-0.39, 0.29) is 29.2 Å². The third-order valence-electron chi connectivity index (χ3n) is 4.60. The summed E-state index contributed by atoms with van der Waals surface area (Å²) in [6, 6.07) is 11.3. The fraction of sp³-hybridized carbons (Fsp3) is 0.273. The highest BCUT2D eigenvalue weighted by molar-refractivity contribution is 6.22. The summed E-state index contributed by atoms with van der Waals surface area (Å²) in [4.78, 5) is 51.0. The van der Waals surface area contributed by atoms with Crippen LogP contribution in [0.4, 0.5) is 0 Å².